The van der Waals surface area contributed by atoms with Crippen LogP contribution in [-0.2, 0) is 7.05 Å². The van der Waals surface area contributed by atoms with Crippen LogP contribution < -0.4 is 11.1 Å². The van der Waals surface area contributed by atoms with Crippen LogP contribution in [-0.4, -0.2) is 20.7 Å². The Hall–Kier alpha value is -1.92. The van der Waals surface area contributed by atoms with Crippen LogP contribution in [0.15, 0.2) is 24.3 Å². The summed E-state index contributed by atoms with van der Waals surface area (Å²) < 4.78 is 1.52. The van der Waals surface area contributed by atoms with Crippen molar-refractivity contribution in [1.82, 2.24) is 9.78 Å². The van der Waals surface area contributed by atoms with Crippen molar-refractivity contribution in [3.8, 4) is 0 Å². The number of amides is 1. The largest absolute Gasteiger partial charge is 0.389 e. The number of carbonyl (C=O) groups excluding carboxylic acids is 1. The molecule has 0 spiro atoms. The maximum absolute atomic E-state index is 12.1. The Bertz CT molecular complexity index is 696. The van der Waals surface area contributed by atoms with Crippen molar-refractivity contribution in [3.05, 3.63) is 46.2 Å². The first-order chi connectivity index (χ1) is 9.38. The normalized spacial score (nSPS) is 10.3. The standard InChI is InChI=1S/C13H13ClN4OS/c1-7-5-11(18(2)17-7)13(19)16-10-4-3-8(12(15)20)6-9(10)14/h3-6H,1-2H3,(H2,15,20)(H,16,19). The van der Waals surface area contributed by atoms with Crippen molar-refractivity contribution in [3.63, 3.8) is 0 Å². The van der Waals surface area contributed by atoms with Crippen LogP contribution in [0, 0.1) is 6.92 Å². The second kappa shape index (κ2) is 5.60. The topological polar surface area (TPSA) is 72.9 Å². The van der Waals surface area contributed by atoms with Crippen LogP contribution in [0.2, 0.25) is 5.02 Å². The van der Waals surface area contributed by atoms with Gasteiger partial charge in [-0.05, 0) is 31.2 Å². The lowest BCUT2D eigenvalue weighted by Gasteiger charge is -2.08. The van der Waals surface area contributed by atoms with Crippen LogP contribution in [0.3, 0.4) is 0 Å². The third kappa shape index (κ3) is 2.97. The highest BCUT2D eigenvalue weighted by Gasteiger charge is 2.13. The fourth-order valence-corrected chi connectivity index (χ4v) is 2.13. The van der Waals surface area contributed by atoms with Gasteiger partial charge in [0.25, 0.3) is 5.91 Å². The number of nitrogens with zero attached hydrogens (tertiary/aromatic N) is 2. The Kier molecular flexibility index (Phi) is 4.06. The zero-order valence-electron chi connectivity index (χ0n) is 11.0. The van der Waals surface area contributed by atoms with Gasteiger partial charge in [-0.15, -0.1) is 0 Å². The summed E-state index contributed by atoms with van der Waals surface area (Å²) in [5.41, 5.74) is 7.90. The monoisotopic (exact) mass is 308 g/mol. The zero-order valence-corrected chi connectivity index (χ0v) is 12.5. The van der Waals surface area contributed by atoms with Gasteiger partial charge in [-0.1, -0.05) is 23.8 Å². The predicted molar refractivity (Wildman–Crippen MR) is 83.2 cm³/mol. The third-order valence-electron chi connectivity index (χ3n) is 2.74. The molecule has 3 N–H and O–H groups in total. The summed E-state index contributed by atoms with van der Waals surface area (Å²) in [4.78, 5) is 12.4. The zero-order chi connectivity index (χ0) is 14.9. The third-order valence-corrected chi connectivity index (χ3v) is 3.28. The van der Waals surface area contributed by atoms with Crippen LogP contribution >= 0.6 is 23.8 Å². The summed E-state index contributed by atoms with van der Waals surface area (Å²) in [5, 5.41) is 7.23. The van der Waals surface area contributed by atoms with Gasteiger partial charge in [0.15, 0.2) is 0 Å². The number of anilines is 1. The number of nitrogens with two attached hydrogens (primary N) is 1. The van der Waals surface area contributed by atoms with E-state index < -0.39 is 0 Å². The number of rotatable bonds is 3. The molecule has 5 nitrogen and oxygen atoms in total. The molecule has 1 amide bonds. The van der Waals surface area contributed by atoms with Crippen molar-refractivity contribution in [2.75, 3.05) is 5.32 Å². The highest BCUT2D eigenvalue weighted by atomic mass is 35.5. The van der Waals surface area contributed by atoms with E-state index in [0.29, 0.717) is 22.0 Å². The highest BCUT2D eigenvalue weighted by Crippen LogP contribution is 2.23. The molecule has 0 atom stereocenters. The minimum atomic E-state index is -0.280. The number of hydrogen-bond acceptors (Lipinski definition) is 3. The molecular formula is C13H13ClN4OS. The first-order valence-electron chi connectivity index (χ1n) is 5.80. The van der Waals surface area contributed by atoms with Gasteiger partial charge in [-0.2, -0.15) is 5.10 Å². The summed E-state index contributed by atoms with van der Waals surface area (Å²) in [7, 11) is 1.71. The minimum absolute atomic E-state index is 0.257. The van der Waals surface area contributed by atoms with Crippen molar-refractivity contribution >= 4 is 40.4 Å². The number of hydrogen-bond donors (Lipinski definition) is 2. The van der Waals surface area contributed by atoms with Gasteiger partial charge >= 0.3 is 0 Å². The van der Waals surface area contributed by atoms with E-state index in [4.69, 9.17) is 29.6 Å². The molecule has 7 heteroatoms. The van der Waals surface area contributed by atoms with Gasteiger partial charge in [-0.25, -0.2) is 0 Å². The molecule has 2 aromatic rings. The van der Waals surface area contributed by atoms with Gasteiger partial charge in [0, 0.05) is 12.6 Å². The quantitative estimate of drug-likeness (QED) is 0.853. The molecule has 20 heavy (non-hydrogen) atoms. The Morgan fingerprint density at radius 3 is 2.65 bits per heavy atom. The molecule has 104 valence electrons. The number of thiocarbonyl (C=S) groups is 1. The van der Waals surface area contributed by atoms with Crippen LogP contribution in [0.5, 0.6) is 0 Å². The van der Waals surface area contributed by atoms with Crippen molar-refractivity contribution in [2.24, 2.45) is 12.8 Å². The van der Waals surface area contributed by atoms with E-state index >= 15 is 0 Å². The lowest BCUT2D eigenvalue weighted by Crippen LogP contribution is -2.16. The molecule has 0 aliphatic heterocycles. The predicted octanol–water partition coefficient (Wildman–Crippen LogP) is 2.27. The maximum Gasteiger partial charge on any atom is 0.273 e. The van der Waals surface area contributed by atoms with Crippen LogP contribution in [0.25, 0.3) is 0 Å². The summed E-state index contributed by atoms with van der Waals surface area (Å²) in [6.07, 6.45) is 0. The van der Waals surface area contributed by atoms with Crippen LogP contribution in [0.1, 0.15) is 21.7 Å². The Morgan fingerprint density at radius 1 is 1.45 bits per heavy atom. The van der Waals surface area contributed by atoms with Gasteiger partial charge in [0.2, 0.25) is 0 Å². The van der Waals surface area contributed by atoms with Gasteiger partial charge in [-0.3, -0.25) is 9.48 Å². The fraction of sp³-hybridized carbons (Fsp3) is 0.154. The SMILES string of the molecule is Cc1cc(C(=O)Nc2ccc(C(N)=S)cc2Cl)n(C)n1. The van der Waals surface area contributed by atoms with Gasteiger partial charge < -0.3 is 11.1 Å². The van der Waals surface area contributed by atoms with E-state index in [0.717, 1.165) is 5.69 Å². The number of nitrogens with one attached hydrogen (secondary N) is 1. The Labute approximate surface area is 126 Å². The second-order valence-electron chi connectivity index (χ2n) is 4.31. The summed E-state index contributed by atoms with van der Waals surface area (Å²) in [5.74, 6) is -0.280. The van der Waals surface area contributed by atoms with Gasteiger partial charge in [0.1, 0.15) is 10.7 Å². The first kappa shape index (κ1) is 14.5. The lowest BCUT2D eigenvalue weighted by atomic mass is 10.2. The average Bonchev–Trinajstić information content (AvgIpc) is 2.70. The first-order valence-corrected chi connectivity index (χ1v) is 6.58. The van der Waals surface area contributed by atoms with E-state index in [-0.39, 0.29) is 10.9 Å². The molecule has 0 unspecified atom stereocenters. The van der Waals surface area contributed by atoms with Crippen molar-refractivity contribution in [1.29, 1.82) is 0 Å². The molecule has 1 heterocycles. The summed E-state index contributed by atoms with van der Waals surface area (Å²) in [6, 6.07) is 6.69. The molecule has 1 aromatic heterocycles. The average molecular weight is 309 g/mol. The minimum Gasteiger partial charge on any atom is -0.389 e. The smallest absolute Gasteiger partial charge is 0.273 e. The number of aromatic nitrogens is 2. The molecule has 0 bridgehead atoms. The van der Waals surface area contributed by atoms with E-state index in [9.17, 15) is 4.79 Å². The molecule has 0 radical (unpaired) electrons. The number of benzene rings is 1. The number of aryl methyl sites for hydroxylation is 2. The molecule has 0 aliphatic carbocycles. The molecular weight excluding hydrogens is 296 g/mol. The number of carbonyl (C=O) groups is 1. The van der Waals surface area contributed by atoms with E-state index in [1.54, 1.807) is 31.3 Å². The molecule has 0 fully saturated rings. The van der Waals surface area contributed by atoms with Crippen molar-refractivity contribution in [2.45, 2.75) is 6.92 Å². The fourth-order valence-electron chi connectivity index (χ4n) is 1.78. The highest BCUT2D eigenvalue weighted by molar-refractivity contribution is 7.80. The van der Waals surface area contributed by atoms with E-state index in [2.05, 4.69) is 10.4 Å². The molecule has 1 aromatic carbocycles. The molecule has 0 aliphatic rings. The summed E-state index contributed by atoms with van der Waals surface area (Å²) in [6.45, 7) is 1.82. The molecule has 0 saturated carbocycles. The maximum atomic E-state index is 12.1. The second-order valence-corrected chi connectivity index (χ2v) is 5.15. The molecule has 0 saturated heterocycles. The number of halogens is 1. The summed E-state index contributed by atoms with van der Waals surface area (Å²) >= 11 is 11.0. The van der Waals surface area contributed by atoms with E-state index in [1.165, 1.54) is 4.68 Å². The molecule has 2 rings (SSSR count). The Balaban J connectivity index is 2.24. The lowest BCUT2D eigenvalue weighted by molar-refractivity contribution is 0.101. The Morgan fingerprint density at radius 2 is 2.15 bits per heavy atom. The van der Waals surface area contributed by atoms with Gasteiger partial charge in [0.05, 0.1) is 16.4 Å². The van der Waals surface area contributed by atoms with E-state index in [1.807, 2.05) is 6.92 Å². The van der Waals surface area contributed by atoms with Crippen LogP contribution in [0.4, 0.5) is 5.69 Å². The van der Waals surface area contributed by atoms with Crippen molar-refractivity contribution < 1.29 is 4.79 Å².